The highest BCUT2D eigenvalue weighted by Crippen LogP contribution is 2.39. The van der Waals surface area contributed by atoms with Crippen molar-refractivity contribution in [1.82, 2.24) is 20.4 Å². The molecule has 6 heteroatoms. The minimum Gasteiger partial charge on any atom is -0.330 e. The average Bonchev–Trinajstić information content (AvgIpc) is 2.65. The van der Waals surface area contributed by atoms with Gasteiger partial charge in [0.2, 0.25) is 0 Å². The van der Waals surface area contributed by atoms with Crippen molar-refractivity contribution in [3.8, 4) is 0 Å². The second-order valence-electron chi connectivity index (χ2n) is 14.8. The Morgan fingerprint density at radius 1 is 0.639 bits per heavy atom. The Labute approximate surface area is 227 Å². The van der Waals surface area contributed by atoms with Crippen molar-refractivity contribution < 1.29 is 0 Å². The Balaban J connectivity index is 5.98. The lowest BCUT2D eigenvalue weighted by molar-refractivity contribution is -0.0815. The van der Waals surface area contributed by atoms with Gasteiger partial charge in [0.1, 0.15) is 0 Å². The van der Waals surface area contributed by atoms with Gasteiger partial charge in [0, 0.05) is 52.9 Å². The Kier molecular flexibility index (Phi) is 14.1. The third-order valence-corrected chi connectivity index (χ3v) is 8.08. The van der Waals surface area contributed by atoms with E-state index in [1.54, 1.807) is 0 Å². The lowest BCUT2D eigenvalue weighted by Crippen LogP contribution is -2.66. The van der Waals surface area contributed by atoms with Crippen molar-refractivity contribution in [3.63, 3.8) is 0 Å². The van der Waals surface area contributed by atoms with Crippen LogP contribution in [0.2, 0.25) is 0 Å². The average molecular weight is 513 g/mol. The molecule has 0 heterocycles. The molecule has 6 nitrogen and oxygen atoms in total. The fraction of sp³-hybridized carbons (Fsp3) is 1.00. The molecule has 0 bridgehead atoms. The van der Waals surface area contributed by atoms with Crippen LogP contribution in [0.1, 0.15) is 123 Å². The minimum absolute atomic E-state index is 0.00935. The molecule has 0 saturated heterocycles. The molecular formula is C30H68N6. The van der Waals surface area contributed by atoms with E-state index in [0.717, 1.165) is 45.3 Å². The molecule has 6 N–H and O–H groups in total. The number of nitrogens with one attached hydrogen (secondary N) is 2. The topological polar surface area (TPSA) is 82.6 Å². The van der Waals surface area contributed by atoms with Crippen LogP contribution in [-0.4, -0.2) is 82.3 Å². The zero-order chi connectivity index (χ0) is 28.6. The summed E-state index contributed by atoms with van der Waals surface area (Å²) < 4.78 is 0. The van der Waals surface area contributed by atoms with Gasteiger partial charge in [-0.25, -0.2) is 0 Å². The normalized spacial score (nSPS) is 14.7. The lowest BCUT2D eigenvalue weighted by Gasteiger charge is -2.58. The van der Waals surface area contributed by atoms with Crippen LogP contribution < -0.4 is 22.1 Å². The first kappa shape index (κ1) is 35.8. The summed E-state index contributed by atoms with van der Waals surface area (Å²) in [5.74, 6) is 0. The van der Waals surface area contributed by atoms with Crippen molar-refractivity contribution in [3.05, 3.63) is 0 Å². The van der Waals surface area contributed by atoms with E-state index in [9.17, 15) is 0 Å². The molecular weight excluding hydrogens is 444 g/mol. The minimum atomic E-state index is -0.0141. The Morgan fingerprint density at radius 3 is 1.53 bits per heavy atom. The molecule has 0 aromatic carbocycles. The van der Waals surface area contributed by atoms with Gasteiger partial charge in [-0.05, 0) is 128 Å². The van der Waals surface area contributed by atoms with E-state index < -0.39 is 0 Å². The highest BCUT2D eigenvalue weighted by atomic mass is 15.3. The molecule has 36 heavy (non-hydrogen) atoms. The molecule has 0 aromatic heterocycles. The summed E-state index contributed by atoms with van der Waals surface area (Å²) >= 11 is 0. The van der Waals surface area contributed by atoms with Crippen LogP contribution >= 0.6 is 0 Å². The van der Waals surface area contributed by atoms with Gasteiger partial charge < -0.3 is 22.1 Å². The Morgan fingerprint density at radius 2 is 1.11 bits per heavy atom. The molecule has 0 atom stereocenters. The standard InChI is InChI=1S/C30H68N6/c1-24(2)33-20-16-27(7,8)36(28(9,10)17-21-34-26(5,6)15-19-31)29(11,12)18-22-35(25(3)4)30(13,14)23-32/h24-25,33-34H,15-23,31-32H2,1-14H3. The van der Waals surface area contributed by atoms with E-state index >= 15 is 0 Å². The number of nitrogens with two attached hydrogens (primary N) is 2. The van der Waals surface area contributed by atoms with Crippen LogP contribution in [-0.2, 0) is 0 Å². The fourth-order valence-corrected chi connectivity index (χ4v) is 6.39. The molecule has 0 rings (SSSR count). The second-order valence-corrected chi connectivity index (χ2v) is 14.8. The van der Waals surface area contributed by atoms with Crippen molar-refractivity contribution in [1.29, 1.82) is 0 Å². The van der Waals surface area contributed by atoms with E-state index in [0.29, 0.717) is 25.2 Å². The van der Waals surface area contributed by atoms with Gasteiger partial charge in [0.15, 0.2) is 0 Å². The summed E-state index contributed by atoms with van der Waals surface area (Å²) in [6.07, 6.45) is 4.25. The lowest BCUT2D eigenvalue weighted by atomic mass is 9.80. The van der Waals surface area contributed by atoms with Crippen molar-refractivity contribution >= 4 is 0 Å². The molecule has 0 unspecified atom stereocenters. The van der Waals surface area contributed by atoms with Gasteiger partial charge >= 0.3 is 0 Å². The summed E-state index contributed by atoms with van der Waals surface area (Å²) in [6.45, 7) is 37.2. The zero-order valence-electron chi connectivity index (χ0n) is 27.1. The summed E-state index contributed by atoms with van der Waals surface area (Å²) in [6, 6.07) is 0.959. The molecule has 0 spiro atoms. The molecule has 0 aliphatic heterocycles. The van der Waals surface area contributed by atoms with E-state index in [1.165, 1.54) is 0 Å². The number of hydrogen-bond donors (Lipinski definition) is 4. The quantitative estimate of drug-likeness (QED) is 0.196. The van der Waals surface area contributed by atoms with Crippen molar-refractivity contribution in [2.75, 3.05) is 32.7 Å². The van der Waals surface area contributed by atoms with E-state index in [2.05, 4.69) is 117 Å². The Bertz CT molecular complexity index is 607. The summed E-state index contributed by atoms with van der Waals surface area (Å²) in [4.78, 5) is 5.42. The molecule has 0 radical (unpaired) electrons. The SMILES string of the molecule is CC(C)NCCC(C)(C)N(C(C)(C)CCNC(C)(C)CCN)C(C)(C)CCN(C(C)C)C(C)(C)CN. The van der Waals surface area contributed by atoms with Gasteiger partial charge in [0.05, 0.1) is 0 Å². The first-order chi connectivity index (χ1) is 16.1. The van der Waals surface area contributed by atoms with Crippen LogP contribution in [0, 0.1) is 0 Å². The number of rotatable bonds is 19. The maximum atomic E-state index is 6.20. The number of hydrogen-bond acceptors (Lipinski definition) is 6. The predicted octanol–water partition coefficient (Wildman–Crippen LogP) is 4.96. The van der Waals surface area contributed by atoms with Crippen LogP contribution in [0.15, 0.2) is 0 Å². The largest absolute Gasteiger partial charge is 0.330 e. The fourth-order valence-electron chi connectivity index (χ4n) is 6.39. The molecule has 0 aliphatic carbocycles. The molecule has 0 aliphatic rings. The molecule has 0 aromatic rings. The third-order valence-electron chi connectivity index (χ3n) is 8.08. The monoisotopic (exact) mass is 513 g/mol. The summed E-state index contributed by atoms with van der Waals surface area (Å²) in [5, 5.41) is 7.44. The van der Waals surface area contributed by atoms with Gasteiger partial charge in [-0.15, -0.1) is 0 Å². The van der Waals surface area contributed by atoms with Crippen LogP contribution in [0.3, 0.4) is 0 Å². The van der Waals surface area contributed by atoms with Crippen LogP contribution in [0.25, 0.3) is 0 Å². The molecule has 0 fully saturated rings. The second kappa shape index (κ2) is 14.2. The zero-order valence-corrected chi connectivity index (χ0v) is 27.1. The maximum Gasteiger partial charge on any atom is 0.0278 e. The third kappa shape index (κ3) is 11.7. The first-order valence-electron chi connectivity index (χ1n) is 14.6. The molecule has 0 amide bonds. The van der Waals surface area contributed by atoms with Gasteiger partial charge in [-0.2, -0.15) is 0 Å². The van der Waals surface area contributed by atoms with E-state index in [1.807, 2.05) is 0 Å². The van der Waals surface area contributed by atoms with E-state index in [-0.39, 0.29) is 27.7 Å². The molecule has 0 saturated carbocycles. The number of nitrogens with zero attached hydrogens (tertiary/aromatic N) is 2. The van der Waals surface area contributed by atoms with Crippen molar-refractivity contribution in [2.45, 2.75) is 162 Å². The van der Waals surface area contributed by atoms with Crippen molar-refractivity contribution in [2.24, 2.45) is 11.5 Å². The van der Waals surface area contributed by atoms with E-state index in [4.69, 9.17) is 11.5 Å². The summed E-state index contributed by atoms with van der Waals surface area (Å²) in [7, 11) is 0. The molecule has 218 valence electrons. The predicted molar refractivity (Wildman–Crippen MR) is 162 cm³/mol. The maximum absolute atomic E-state index is 6.20. The Hall–Kier alpha value is -0.240. The van der Waals surface area contributed by atoms with Gasteiger partial charge in [-0.3, -0.25) is 9.80 Å². The summed E-state index contributed by atoms with van der Waals surface area (Å²) in [5.41, 5.74) is 12.2. The first-order valence-corrected chi connectivity index (χ1v) is 14.6. The van der Waals surface area contributed by atoms with Gasteiger partial charge in [-0.1, -0.05) is 13.8 Å². The highest BCUT2D eigenvalue weighted by Gasteiger charge is 2.46. The van der Waals surface area contributed by atoms with Crippen LogP contribution in [0.5, 0.6) is 0 Å². The van der Waals surface area contributed by atoms with Crippen LogP contribution in [0.4, 0.5) is 0 Å². The van der Waals surface area contributed by atoms with Gasteiger partial charge in [0.25, 0.3) is 0 Å². The highest BCUT2D eigenvalue weighted by molar-refractivity contribution is 5.02. The smallest absolute Gasteiger partial charge is 0.0278 e.